The van der Waals surface area contributed by atoms with Gasteiger partial charge in [-0.05, 0) is 32.4 Å². The fourth-order valence-corrected chi connectivity index (χ4v) is 2.41. The van der Waals surface area contributed by atoms with Gasteiger partial charge in [-0.1, -0.05) is 12.1 Å². The van der Waals surface area contributed by atoms with Crippen molar-refractivity contribution in [3.05, 3.63) is 30.1 Å². The lowest BCUT2D eigenvalue weighted by atomic mass is 10.2. The number of nitrogens with one attached hydrogen (secondary N) is 1. The number of hydrogen-bond acceptors (Lipinski definition) is 3. The molecule has 0 saturated heterocycles. The van der Waals surface area contributed by atoms with Crippen LogP contribution < -0.4 is 5.32 Å². The summed E-state index contributed by atoms with van der Waals surface area (Å²) in [5.41, 5.74) is 2.13. The maximum absolute atomic E-state index is 11.6. The highest BCUT2D eigenvalue weighted by Crippen LogP contribution is 2.15. The Hall–Kier alpha value is -1.88. The van der Waals surface area contributed by atoms with Gasteiger partial charge >= 0.3 is 0 Å². The van der Waals surface area contributed by atoms with Crippen LogP contribution in [0.25, 0.3) is 11.0 Å². The molecule has 1 aromatic carbocycles. The number of fused-ring (bicyclic) bond motifs is 1. The fourth-order valence-electron chi connectivity index (χ4n) is 2.41. The number of aliphatic hydroxyl groups excluding tert-OH is 1. The van der Waals surface area contributed by atoms with Gasteiger partial charge in [0.05, 0.1) is 17.1 Å². The van der Waals surface area contributed by atoms with Gasteiger partial charge in [0.25, 0.3) is 0 Å². The molecule has 0 radical (unpaired) electrons. The number of benzene rings is 1. The van der Waals surface area contributed by atoms with Crippen molar-refractivity contribution in [3.8, 4) is 0 Å². The smallest absolute Gasteiger partial charge is 0.220 e. The van der Waals surface area contributed by atoms with E-state index in [0.29, 0.717) is 25.8 Å². The number of para-hydroxylation sites is 2. The highest BCUT2D eigenvalue weighted by molar-refractivity contribution is 5.76. The van der Waals surface area contributed by atoms with Crippen LogP contribution in [0, 0.1) is 0 Å². The van der Waals surface area contributed by atoms with Crippen molar-refractivity contribution in [2.24, 2.45) is 0 Å². The van der Waals surface area contributed by atoms with Crippen molar-refractivity contribution in [1.82, 2.24) is 14.9 Å². The summed E-state index contributed by atoms with van der Waals surface area (Å²) in [6.45, 7) is 5.23. The first-order valence-electron chi connectivity index (χ1n) is 7.50. The van der Waals surface area contributed by atoms with E-state index >= 15 is 0 Å². The average molecular weight is 289 g/mol. The van der Waals surface area contributed by atoms with Gasteiger partial charge in [0.15, 0.2) is 0 Å². The molecular weight excluding hydrogens is 266 g/mol. The summed E-state index contributed by atoms with van der Waals surface area (Å²) >= 11 is 0. The van der Waals surface area contributed by atoms with Crippen LogP contribution in [0.15, 0.2) is 24.3 Å². The van der Waals surface area contributed by atoms with Gasteiger partial charge in [-0.3, -0.25) is 4.79 Å². The summed E-state index contributed by atoms with van der Waals surface area (Å²) in [6, 6.07) is 8.07. The molecule has 0 fully saturated rings. The first kappa shape index (κ1) is 15.5. The molecule has 0 aliphatic carbocycles. The third-order valence-corrected chi connectivity index (χ3v) is 3.51. The molecule has 5 nitrogen and oxygen atoms in total. The van der Waals surface area contributed by atoms with E-state index in [1.165, 1.54) is 0 Å². The van der Waals surface area contributed by atoms with Crippen LogP contribution in [0.1, 0.15) is 32.5 Å². The number of aryl methyl sites for hydroxylation is 1. The second-order valence-corrected chi connectivity index (χ2v) is 5.25. The average Bonchev–Trinajstić information content (AvgIpc) is 2.82. The van der Waals surface area contributed by atoms with Gasteiger partial charge in [0, 0.05) is 25.9 Å². The van der Waals surface area contributed by atoms with Crippen molar-refractivity contribution >= 4 is 16.9 Å². The lowest BCUT2D eigenvalue weighted by Crippen LogP contribution is -2.27. The van der Waals surface area contributed by atoms with Crippen molar-refractivity contribution in [2.45, 2.75) is 45.8 Å². The van der Waals surface area contributed by atoms with E-state index < -0.39 is 6.10 Å². The zero-order valence-electron chi connectivity index (χ0n) is 12.7. The molecule has 1 atom stereocenters. The minimum absolute atomic E-state index is 0.0185. The fraction of sp³-hybridized carbons (Fsp3) is 0.500. The Labute approximate surface area is 125 Å². The van der Waals surface area contributed by atoms with Crippen LogP contribution in [0.3, 0.4) is 0 Å². The Balaban J connectivity index is 1.93. The number of aromatic nitrogens is 2. The van der Waals surface area contributed by atoms with E-state index in [1.807, 2.05) is 18.2 Å². The summed E-state index contributed by atoms with van der Waals surface area (Å²) in [5.74, 6) is 0.976. The predicted molar refractivity (Wildman–Crippen MR) is 83.0 cm³/mol. The number of hydrogen-bond donors (Lipinski definition) is 2. The number of aliphatic hydroxyl groups is 1. The highest BCUT2D eigenvalue weighted by atomic mass is 16.3. The highest BCUT2D eigenvalue weighted by Gasteiger charge is 2.09. The van der Waals surface area contributed by atoms with Crippen LogP contribution >= 0.6 is 0 Å². The summed E-state index contributed by atoms with van der Waals surface area (Å²) in [5, 5.41) is 12.0. The Kier molecular flexibility index (Phi) is 5.33. The first-order valence-corrected chi connectivity index (χ1v) is 7.50. The number of rotatable bonds is 7. The Bertz CT molecular complexity index is 605. The Morgan fingerprint density at radius 3 is 2.90 bits per heavy atom. The lowest BCUT2D eigenvalue weighted by Gasteiger charge is -2.08. The van der Waals surface area contributed by atoms with E-state index in [2.05, 4.69) is 27.9 Å². The Morgan fingerprint density at radius 2 is 2.19 bits per heavy atom. The molecule has 1 amide bonds. The summed E-state index contributed by atoms with van der Waals surface area (Å²) in [6.07, 6.45) is 1.14. The number of nitrogens with zero attached hydrogens (tertiary/aromatic N) is 2. The second kappa shape index (κ2) is 7.22. The van der Waals surface area contributed by atoms with Crippen LogP contribution in [-0.2, 0) is 17.8 Å². The normalized spacial score (nSPS) is 12.5. The minimum Gasteiger partial charge on any atom is -0.393 e. The molecule has 0 saturated carbocycles. The van der Waals surface area contributed by atoms with Crippen LogP contribution in [-0.4, -0.2) is 33.2 Å². The summed E-state index contributed by atoms with van der Waals surface area (Å²) < 4.78 is 2.18. The molecule has 1 heterocycles. The molecule has 0 spiro atoms. The van der Waals surface area contributed by atoms with Gasteiger partial charge in [0.1, 0.15) is 5.82 Å². The monoisotopic (exact) mass is 289 g/mol. The van der Waals surface area contributed by atoms with Gasteiger partial charge in [-0.2, -0.15) is 0 Å². The summed E-state index contributed by atoms with van der Waals surface area (Å²) in [4.78, 5) is 16.2. The maximum atomic E-state index is 11.6. The number of imidazole rings is 1. The zero-order valence-corrected chi connectivity index (χ0v) is 12.7. The second-order valence-electron chi connectivity index (χ2n) is 5.25. The van der Waals surface area contributed by atoms with E-state index in [-0.39, 0.29) is 5.91 Å². The summed E-state index contributed by atoms with van der Waals surface area (Å²) in [7, 11) is 0. The maximum Gasteiger partial charge on any atom is 0.220 e. The van der Waals surface area contributed by atoms with E-state index in [9.17, 15) is 4.79 Å². The molecule has 2 rings (SSSR count). The first-order chi connectivity index (χ1) is 10.1. The molecule has 2 aromatic rings. The van der Waals surface area contributed by atoms with E-state index in [1.54, 1.807) is 6.92 Å². The molecule has 0 bridgehead atoms. The number of carbonyl (C=O) groups is 1. The van der Waals surface area contributed by atoms with Crippen LogP contribution in [0.5, 0.6) is 0 Å². The van der Waals surface area contributed by atoms with Crippen LogP contribution in [0.4, 0.5) is 0 Å². The predicted octanol–water partition coefficient (Wildman–Crippen LogP) is 1.88. The molecule has 0 unspecified atom stereocenters. The van der Waals surface area contributed by atoms with Crippen molar-refractivity contribution in [2.75, 3.05) is 6.54 Å². The van der Waals surface area contributed by atoms with Crippen molar-refractivity contribution in [3.63, 3.8) is 0 Å². The standard InChI is InChI=1S/C16H23N3O2/c1-3-19-14-7-5-4-6-13(14)18-15(19)10-11-17-16(21)9-8-12(2)20/h4-7,12,20H,3,8-11H2,1-2H3,(H,17,21)/t12-/m1/s1. The molecule has 114 valence electrons. The van der Waals surface area contributed by atoms with E-state index in [4.69, 9.17) is 5.11 Å². The van der Waals surface area contributed by atoms with Crippen LogP contribution in [0.2, 0.25) is 0 Å². The molecule has 21 heavy (non-hydrogen) atoms. The van der Waals surface area contributed by atoms with E-state index in [0.717, 1.165) is 23.4 Å². The molecule has 5 heteroatoms. The molecule has 1 aromatic heterocycles. The quantitative estimate of drug-likeness (QED) is 0.818. The molecule has 2 N–H and O–H groups in total. The lowest BCUT2D eigenvalue weighted by molar-refractivity contribution is -0.121. The molecular formula is C16H23N3O2. The largest absolute Gasteiger partial charge is 0.393 e. The third kappa shape index (κ3) is 4.04. The SMILES string of the molecule is CCn1c(CCNC(=O)CC[C@@H](C)O)nc2ccccc21. The van der Waals surface area contributed by atoms with Crippen molar-refractivity contribution in [1.29, 1.82) is 0 Å². The third-order valence-electron chi connectivity index (χ3n) is 3.51. The number of amides is 1. The van der Waals surface area contributed by atoms with Gasteiger partial charge in [0.2, 0.25) is 5.91 Å². The zero-order chi connectivity index (χ0) is 15.2. The van der Waals surface area contributed by atoms with Gasteiger partial charge < -0.3 is 15.0 Å². The van der Waals surface area contributed by atoms with Gasteiger partial charge in [-0.25, -0.2) is 4.98 Å². The van der Waals surface area contributed by atoms with Gasteiger partial charge in [-0.15, -0.1) is 0 Å². The Morgan fingerprint density at radius 1 is 1.43 bits per heavy atom. The molecule has 0 aliphatic rings. The topological polar surface area (TPSA) is 67.2 Å². The minimum atomic E-state index is -0.431. The molecule has 0 aliphatic heterocycles. The van der Waals surface area contributed by atoms with Crippen molar-refractivity contribution < 1.29 is 9.90 Å². The number of carbonyl (C=O) groups excluding carboxylic acids is 1.